The molecule has 3 rings (SSSR count). The molecule has 0 spiro atoms. The molecule has 2 heteroatoms. The highest BCUT2D eigenvalue weighted by Gasteiger charge is 2.62. The number of rotatable bonds is 4. The monoisotopic (exact) mass is 294 g/mol. The fraction of sp³-hybridized carbons (Fsp3) is 1.00. The van der Waals surface area contributed by atoms with E-state index in [1.54, 1.807) is 0 Å². The summed E-state index contributed by atoms with van der Waals surface area (Å²) in [5.74, 6) is 2.73. The molecular formula is C18H34OSi. The van der Waals surface area contributed by atoms with Crippen LogP contribution >= 0.6 is 0 Å². The summed E-state index contributed by atoms with van der Waals surface area (Å²) in [4.78, 5) is 0. The van der Waals surface area contributed by atoms with Crippen molar-refractivity contribution in [2.75, 3.05) is 0 Å². The Bertz CT molecular complexity index is 360. The van der Waals surface area contributed by atoms with Gasteiger partial charge in [-0.15, -0.1) is 0 Å². The Morgan fingerprint density at radius 1 is 1.05 bits per heavy atom. The van der Waals surface area contributed by atoms with Gasteiger partial charge in [-0.05, 0) is 80.2 Å². The molecule has 3 saturated carbocycles. The molecule has 0 amide bonds. The van der Waals surface area contributed by atoms with Gasteiger partial charge in [0.15, 0.2) is 9.04 Å². The maximum atomic E-state index is 6.45. The van der Waals surface area contributed by atoms with Crippen molar-refractivity contribution in [1.29, 1.82) is 0 Å². The van der Waals surface area contributed by atoms with Gasteiger partial charge in [0.2, 0.25) is 0 Å². The van der Waals surface area contributed by atoms with Gasteiger partial charge in [-0.25, -0.2) is 0 Å². The van der Waals surface area contributed by atoms with Crippen LogP contribution in [-0.4, -0.2) is 15.1 Å². The van der Waals surface area contributed by atoms with Crippen LogP contribution in [0.2, 0.25) is 13.1 Å². The molecule has 3 aliphatic carbocycles. The van der Waals surface area contributed by atoms with Crippen molar-refractivity contribution in [3.8, 4) is 0 Å². The summed E-state index contributed by atoms with van der Waals surface area (Å²) in [6, 6.07) is 0. The molecule has 0 radical (unpaired) electrons. The lowest BCUT2D eigenvalue weighted by Crippen LogP contribution is -2.45. The van der Waals surface area contributed by atoms with Crippen molar-refractivity contribution in [1.82, 2.24) is 0 Å². The van der Waals surface area contributed by atoms with Crippen LogP contribution in [0.3, 0.4) is 0 Å². The fourth-order valence-corrected chi connectivity index (χ4v) is 7.07. The molecule has 0 bridgehead atoms. The van der Waals surface area contributed by atoms with Crippen molar-refractivity contribution in [2.45, 2.75) is 84.9 Å². The Labute approximate surface area is 127 Å². The molecule has 0 heterocycles. The third-order valence-corrected chi connectivity index (χ3v) is 8.07. The molecule has 0 N–H and O–H groups in total. The highest BCUT2D eigenvalue weighted by atomic mass is 28.3. The molecule has 1 nitrogen and oxygen atoms in total. The SMILES string of the molecule is CC(C)C1(C2CCC3C(O[SiH](C)C)CCCC32C)CC1. The van der Waals surface area contributed by atoms with Crippen molar-refractivity contribution >= 4 is 9.04 Å². The summed E-state index contributed by atoms with van der Waals surface area (Å²) in [7, 11) is -0.893. The van der Waals surface area contributed by atoms with E-state index in [1.165, 1.54) is 44.9 Å². The minimum Gasteiger partial charge on any atom is -0.417 e. The predicted octanol–water partition coefficient (Wildman–Crippen LogP) is 5.01. The van der Waals surface area contributed by atoms with Crippen LogP contribution < -0.4 is 0 Å². The van der Waals surface area contributed by atoms with Crippen LogP contribution in [0.4, 0.5) is 0 Å². The molecule has 4 atom stereocenters. The molecule has 0 aromatic heterocycles. The summed E-state index contributed by atoms with van der Waals surface area (Å²) in [6.45, 7) is 12.3. The van der Waals surface area contributed by atoms with E-state index in [0.717, 1.165) is 17.8 Å². The van der Waals surface area contributed by atoms with Crippen LogP contribution in [0.5, 0.6) is 0 Å². The maximum Gasteiger partial charge on any atom is 0.171 e. The smallest absolute Gasteiger partial charge is 0.171 e. The Hall–Kier alpha value is 0.177. The zero-order valence-electron chi connectivity index (χ0n) is 14.2. The van der Waals surface area contributed by atoms with Crippen LogP contribution in [-0.2, 0) is 4.43 Å². The van der Waals surface area contributed by atoms with E-state index in [0.29, 0.717) is 16.9 Å². The van der Waals surface area contributed by atoms with E-state index < -0.39 is 9.04 Å². The second-order valence-electron chi connectivity index (χ2n) is 8.75. The summed E-state index contributed by atoms with van der Waals surface area (Å²) >= 11 is 0. The normalized spacial score (nSPS) is 43.0. The first-order valence-electron chi connectivity index (χ1n) is 9.05. The average molecular weight is 295 g/mol. The lowest BCUT2D eigenvalue weighted by Gasteiger charge is -2.48. The Morgan fingerprint density at radius 3 is 2.30 bits per heavy atom. The van der Waals surface area contributed by atoms with E-state index in [9.17, 15) is 0 Å². The van der Waals surface area contributed by atoms with Gasteiger partial charge in [-0.1, -0.05) is 27.2 Å². The number of fused-ring (bicyclic) bond motifs is 1. The minimum absolute atomic E-state index is 0.590. The molecule has 3 aliphatic rings. The van der Waals surface area contributed by atoms with Crippen molar-refractivity contribution < 1.29 is 4.43 Å². The fourth-order valence-electron chi connectivity index (χ4n) is 6.05. The second-order valence-corrected chi connectivity index (χ2v) is 11.1. The van der Waals surface area contributed by atoms with E-state index >= 15 is 0 Å². The Kier molecular flexibility index (Phi) is 3.86. The highest BCUT2D eigenvalue weighted by Crippen LogP contribution is 2.70. The van der Waals surface area contributed by atoms with Crippen LogP contribution in [0, 0.1) is 28.6 Å². The van der Waals surface area contributed by atoms with Gasteiger partial charge in [-0.2, -0.15) is 0 Å². The van der Waals surface area contributed by atoms with Crippen LogP contribution in [0.15, 0.2) is 0 Å². The van der Waals surface area contributed by atoms with Gasteiger partial charge in [0, 0.05) is 6.10 Å². The first-order valence-corrected chi connectivity index (χ1v) is 11.8. The predicted molar refractivity (Wildman–Crippen MR) is 88.4 cm³/mol. The standard InChI is InChI=1S/C18H34OSi/c1-13(2)18(11-12-18)16-9-8-14-15(19-20(4)5)7-6-10-17(14,16)3/h13-16,20H,6-12H2,1-5H3. The zero-order chi connectivity index (χ0) is 14.5. The molecule has 0 aromatic rings. The molecule has 0 aromatic carbocycles. The lowest BCUT2D eigenvalue weighted by molar-refractivity contribution is -0.0283. The van der Waals surface area contributed by atoms with Gasteiger partial charge in [0.05, 0.1) is 0 Å². The largest absolute Gasteiger partial charge is 0.417 e. The molecule has 116 valence electrons. The van der Waals surface area contributed by atoms with E-state index in [1.807, 2.05) is 0 Å². The number of hydrogen-bond acceptors (Lipinski definition) is 1. The number of hydrogen-bond donors (Lipinski definition) is 0. The summed E-state index contributed by atoms with van der Waals surface area (Å²) in [5.41, 5.74) is 1.30. The van der Waals surface area contributed by atoms with Crippen LogP contribution in [0.25, 0.3) is 0 Å². The zero-order valence-corrected chi connectivity index (χ0v) is 15.4. The van der Waals surface area contributed by atoms with Crippen molar-refractivity contribution in [3.63, 3.8) is 0 Å². The van der Waals surface area contributed by atoms with E-state index in [2.05, 4.69) is 33.9 Å². The molecule has 4 unspecified atom stereocenters. The Morgan fingerprint density at radius 2 is 1.75 bits per heavy atom. The molecule has 20 heavy (non-hydrogen) atoms. The van der Waals surface area contributed by atoms with E-state index in [4.69, 9.17) is 4.43 Å². The van der Waals surface area contributed by atoms with Crippen LogP contribution in [0.1, 0.15) is 65.7 Å². The lowest BCUT2D eigenvalue weighted by atomic mass is 9.59. The van der Waals surface area contributed by atoms with Gasteiger partial charge < -0.3 is 4.43 Å². The highest BCUT2D eigenvalue weighted by molar-refractivity contribution is 6.48. The van der Waals surface area contributed by atoms with Gasteiger partial charge in [0.1, 0.15) is 0 Å². The topological polar surface area (TPSA) is 9.23 Å². The first-order chi connectivity index (χ1) is 9.40. The van der Waals surface area contributed by atoms with Gasteiger partial charge >= 0.3 is 0 Å². The summed E-state index contributed by atoms with van der Waals surface area (Å²) < 4.78 is 6.45. The second kappa shape index (κ2) is 5.12. The van der Waals surface area contributed by atoms with Gasteiger partial charge in [0.25, 0.3) is 0 Å². The summed E-state index contributed by atoms with van der Waals surface area (Å²) in [5, 5.41) is 0. The molecule has 0 aliphatic heterocycles. The third kappa shape index (κ3) is 2.22. The van der Waals surface area contributed by atoms with E-state index in [-0.39, 0.29) is 0 Å². The summed E-state index contributed by atoms with van der Waals surface area (Å²) in [6.07, 6.45) is 10.8. The first kappa shape index (κ1) is 15.1. The molecule has 3 fully saturated rings. The van der Waals surface area contributed by atoms with Crippen molar-refractivity contribution in [2.24, 2.45) is 28.6 Å². The van der Waals surface area contributed by atoms with Gasteiger partial charge in [-0.3, -0.25) is 0 Å². The molecule has 0 saturated heterocycles. The Balaban J connectivity index is 1.81. The quantitative estimate of drug-likeness (QED) is 0.662. The van der Waals surface area contributed by atoms with Crippen molar-refractivity contribution in [3.05, 3.63) is 0 Å². The molecular weight excluding hydrogens is 260 g/mol. The minimum atomic E-state index is -0.893. The maximum absolute atomic E-state index is 6.45. The third-order valence-electron chi connectivity index (χ3n) is 7.18. The average Bonchev–Trinajstić information content (AvgIpc) is 3.07.